The summed E-state index contributed by atoms with van der Waals surface area (Å²) in [6.45, 7) is 0.892. The molecule has 1 spiro atoms. The van der Waals surface area contributed by atoms with Crippen molar-refractivity contribution in [3.05, 3.63) is 18.0 Å². The van der Waals surface area contributed by atoms with Crippen LogP contribution in [0.3, 0.4) is 0 Å². The Morgan fingerprint density at radius 1 is 1.33 bits per heavy atom. The van der Waals surface area contributed by atoms with Gasteiger partial charge in [0.05, 0.1) is 12.2 Å². The van der Waals surface area contributed by atoms with Crippen molar-refractivity contribution in [2.24, 2.45) is 13.0 Å². The molecule has 1 N–H and O–H groups in total. The summed E-state index contributed by atoms with van der Waals surface area (Å²) in [6.07, 6.45) is 7.61. The largest absolute Gasteiger partial charge is 0.396 e. The molecule has 8 heteroatoms. The molecule has 27 heavy (non-hydrogen) atoms. The third-order valence-electron chi connectivity index (χ3n) is 6.73. The van der Waals surface area contributed by atoms with Crippen molar-refractivity contribution in [3.63, 3.8) is 0 Å². The number of amides is 2. The van der Waals surface area contributed by atoms with E-state index < -0.39 is 12.1 Å². The number of hydrogen-bond donors (Lipinski definition) is 1. The van der Waals surface area contributed by atoms with Gasteiger partial charge in [0.1, 0.15) is 6.61 Å². The van der Waals surface area contributed by atoms with Gasteiger partial charge in [-0.2, -0.15) is 5.10 Å². The molecule has 1 aromatic heterocycles. The second kappa shape index (κ2) is 6.91. The van der Waals surface area contributed by atoms with Gasteiger partial charge in [-0.1, -0.05) is 0 Å². The number of likely N-dealkylation sites (N-methyl/N-ethyl adjacent to an activating group) is 1. The van der Waals surface area contributed by atoms with Crippen LogP contribution in [0.5, 0.6) is 0 Å². The van der Waals surface area contributed by atoms with Crippen molar-refractivity contribution in [2.75, 3.05) is 26.8 Å². The molecule has 148 valence electrons. The number of aliphatic hydroxyl groups excluding tert-OH is 1. The molecule has 2 aliphatic heterocycles. The van der Waals surface area contributed by atoms with Gasteiger partial charge in [0.2, 0.25) is 5.91 Å². The van der Waals surface area contributed by atoms with Crippen LogP contribution in [0.1, 0.15) is 43.7 Å². The number of aromatic nitrogens is 2. The maximum Gasteiger partial charge on any atom is 0.254 e. The minimum absolute atomic E-state index is 0.0306. The van der Waals surface area contributed by atoms with E-state index in [2.05, 4.69) is 5.10 Å². The minimum Gasteiger partial charge on any atom is -0.396 e. The van der Waals surface area contributed by atoms with Crippen LogP contribution < -0.4 is 0 Å². The molecular formula is C19H28N4O4. The van der Waals surface area contributed by atoms with Gasteiger partial charge in [-0.25, -0.2) is 0 Å². The van der Waals surface area contributed by atoms with Gasteiger partial charge in [-0.15, -0.1) is 0 Å². The van der Waals surface area contributed by atoms with Crippen molar-refractivity contribution in [3.8, 4) is 0 Å². The Bertz CT molecular complexity index is 725. The quantitative estimate of drug-likeness (QED) is 0.829. The first-order chi connectivity index (χ1) is 12.9. The highest BCUT2D eigenvalue weighted by molar-refractivity contribution is 5.87. The molecule has 2 amide bonds. The normalized spacial score (nSPS) is 34.0. The lowest BCUT2D eigenvalue weighted by Gasteiger charge is -2.57. The zero-order valence-corrected chi connectivity index (χ0v) is 16.0. The van der Waals surface area contributed by atoms with Crippen molar-refractivity contribution in [1.29, 1.82) is 0 Å². The second-order valence-electron chi connectivity index (χ2n) is 8.22. The SMILES string of the molecule is CN1C(=O)CO[C@@H](C(=O)N2CCC23CCC(CO)CC3)[C@@H]1c1cnn(C)c1. The molecule has 2 atom stereocenters. The molecule has 0 bridgehead atoms. The van der Waals surface area contributed by atoms with Crippen molar-refractivity contribution < 1.29 is 19.4 Å². The number of carbonyl (C=O) groups excluding carboxylic acids is 2. The predicted molar refractivity (Wildman–Crippen MR) is 96.6 cm³/mol. The minimum atomic E-state index is -0.704. The fourth-order valence-corrected chi connectivity index (χ4v) is 4.86. The molecule has 8 nitrogen and oxygen atoms in total. The van der Waals surface area contributed by atoms with Crippen LogP contribution in [0.4, 0.5) is 0 Å². The van der Waals surface area contributed by atoms with Gasteiger partial charge in [0, 0.05) is 44.5 Å². The maximum atomic E-state index is 13.4. The van der Waals surface area contributed by atoms with Gasteiger partial charge in [-0.05, 0) is 38.0 Å². The molecule has 4 rings (SSSR count). The molecule has 0 unspecified atom stereocenters. The van der Waals surface area contributed by atoms with E-state index in [1.807, 2.05) is 18.1 Å². The lowest BCUT2D eigenvalue weighted by Crippen LogP contribution is -2.67. The zero-order chi connectivity index (χ0) is 19.2. The van der Waals surface area contributed by atoms with Crippen LogP contribution in [0.15, 0.2) is 12.4 Å². The number of carbonyl (C=O) groups is 2. The predicted octanol–water partition coefficient (Wildman–Crippen LogP) is 0.472. The van der Waals surface area contributed by atoms with Crippen molar-refractivity contribution in [1.82, 2.24) is 19.6 Å². The standard InChI is InChI=1S/C19H28N4O4/c1-21-10-14(9-20-21)16-17(27-12-15(25)22(16)2)18(26)23-8-7-19(23)5-3-13(11-24)4-6-19/h9-10,13,16-17,24H,3-8,11-12H2,1-2H3/t13?,16-,17+,19?/m0/s1. The van der Waals surface area contributed by atoms with Crippen LogP contribution in [0.2, 0.25) is 0 Å². The Balaban J connectivity index is 1.55. The first-order valence-corrected chi connectivity index (χ1v) is 9.73. The summed E-state index contributed by atoms with van der Waals surface area (Å²) in [5, 5.41) is 13.6. The average Bonchev–Trinajstić information content (AvgIpc) is 3.08. The van der Waals surface area contributed by atoms with E-state index in [1.165, 1.54) is 0 Å². The van der Waals surface area contributed by atoms with Crippen LogP contribution >= 0.6 is 0 Å². The number of nitrogens with zero attached hydrogens (tertiary/aromatic N) is 4. The fourth-order valence-electron chi connectivity index (χ4n) is 4.86. The van der Waals surface area contributed by atoms with Crippen LogP contribution in [0, 0.1) is 5.92 Å². The molecule has 1 aromatic rings. The number of likely N-dealkylation sites (tertiary alicyclic amines) is 1. The van der Waals surface area contributed by atoms with Crippen LogP contribution in [-0.2, 0) is 21.4 Å². The van der Waals surface area contributed by atoms with E-state index in [0.29, 0.717) is 5.92 Å². The number of ether oxygens (including phenoxy) is 1. The Hall–Kier alpha value is -1.93. The number of morpholine rings is 1. The summed E-state index contributed by atoms with van der Waals surface area (Å²) in [4.78, 5) is 29.2. The van der Waals surface area contributed by atoms with E-state index in [1.54, 1.807) is 22.8 Å². The molecule has 2 saturated heterocycles. The number of aryl methyl sites for hydroxylation is 1. The summed E-state index contributed by atoms with van der Waals surface area (Å²) < 4.78 is 7.44. The lowest BCUT2D eigenvalue weighted by molar-refractivity contribution is -0.179. The fraction of sp³-hybridized carbons (Fsp3) is 0.737. The lowest BCUT2D eigenvalue weighted by atomic mass is 9.69. The third kappa shape index (κ3) is 3.04. The third-order valence-corrected chi connectivity index (χ3v) is 6.73. The Morgan fingerprint density at radius 2 is 2.07 bits per heavy atom. The first kappa shape index (κ1) is 18.4. The Morgan fingerprint density at radius 3 is 2.63 bits per heavy atom. The molecule has 0 aromatic carbocycles. The van der Waals surface area contributed by atoms with E-state index in [9.17, 15) is 14.7 Å². The van der Waals surface area contributed by atoms with Crippen LogP contribution in [0.25, 0.3) is 0 Å². The number of rotatable bonds is 3. The van der Waals surface area contributed by atoms with Gasteiger partial charge in [-0.3, -0.25) is 14.3 Å². The summed E-state index contributed by atoms with van der Waals surface area (Å²) >= 11 is 0. The molecule has 3 heterocycles. The smallest absolute Gasteiger partial charge is 0.254 e. The first-order valence-electron chi connectivity index (χ1n) is 9.73. The molecule has 1 aliphatic carbocycles. The highest BCUT2D eigenvalue weighted by Gasteiger charge is 2.53. The van der Waals surface area contributed by atoms with E-state index in [-0.39, 0.29) is 30.6 Å². The monoisotopic (exact) mass is 376 g/mol. The van der Waals surface area contributed by atoms with Gasteiger partial charge < -0.3 is 19.6 Å². The Labute approximate surface area is 159 Å². The highest BCUT2D eigenvalue weighted by atomic mass is 16.5. The second-order valence-corrected chi connectivity index (χ2v) is 8.22. The summed E-state index contributed by atoms with van der Waals surface area (Å²) in [5.74, 6) is 0.192. The van der Waals surface area contributed by atoms with E-state index in [0.717, 1.165) is 44.2 Å². The van der Waals surface area contributed by atoms with E-state index >= 15 is 0 Å². The Kier molecular flexibility index (Phi) is 4.71. The molecular weight excluding hydrogens is 348 g/mol. The van der Waals surface area contributed by atoms with Gasteiger partial charge >= 0.3 is 0 Å². The van der Waals surface area contributed by atoms with Gasteiger partial charge in [0.15, 0.2) is 6.10 Å². The van der Waals surface area contributed by atoms with Crippen LogP contribution in [-0.4, -0.2) is 75.0 Å². The topological polar surface area (TPSA) is 87.9 Å². The van der Waals surface area contributed by atoms with Crippen molar-refractivity contribution >= 4 is 11.8 Å². The summed E-state index contributed by atoms with van der Waals surface area (Å²) in [5.41, 5.74) is 0.719. The summed E-state index contributed by atoms with van der Waals surface area (Å²) in [7, 11) is 3.54. The molecule has 1 saturated carbocycles. The van der Waals surface area contributed by atoms with Crippen molar-refractivity contribution in [2.45, 2.75) is 49.8 Å². The number of aliphatic hydroxyl groups is 1. The molecule has 3 fully saturated rings. The number of hydrogen-bond acceptors (Lipinski definition) is 5. The molecule has 3 aliphatic rings. The zero-order valence-electron chi connectivity index (χ0n) is 16.0. The summed E-state index contributed by atoms with van der Waals surface area (Å²) in [6, 6.07) is -0.459. The maximum absolute atomic E-state index is 13.4. The highest BCUT2D eigenvalue weighted by Crippen LogP contribution is 2.46. The van der Waals surface area contributed by atoms with E-state index in [4.69, 9.17) is 4.74 Å². The molecule has 0 radical (unpaired) electrons. The average molecular weight is 376 g/mol. The van der Waals surface area contributed by atoms with Gasteiger partial charge in [0.25, 0.3) is 5.91 Å².